The first kappa shape index (κ1) is 18.7. The molecule has 0 aliphatic carbocycles. The van der Waals surface area contributed by atoms with Gasteiger partial charge >= 0.3 is 6.09 Å². The lowest BCUT2D eigenvalue weighted by molar-refractivity contribution is 0.137. The number of nitrogens with one attached hydrogen (secondary N) is 1. The molecule has 2 atom stereocenters. The Bertz CT molecular complexity index is 873. The van der Waals surface area contributed by atoms with Gasteiger partial charge in [-0.25, -0.2) is 27.3 Å². The molecule has 26 heavy (non-hydrogen) atoms. The fraction of sp³-hybridized carbons (Fsp3) is 0.375. The first-order chi connectivity index (χ1) is 12.4. The van der Waals surface area contributed by atoms with Gasteiger partial charge in [0.15, 0.2) is 0 Å². The Balaban J connectivity index is 1.80. The molecule has 1 aromatic carbocycles. The SMILES string of the molecule is O=C(O)N1CC[C@H](NS(=O)(=O)CF)[C@@H]1Cc1csc(-c2ccccc2)n1. The van der Waals surface area contributed by atoms with E-state index < -0.39 is 34.2 Å². The summed E-state index contributed by atoms with van der Waals surface area (Å²) in [4.78, 5) is 17.2. The molecule has 3 rings (SSSR count). The zero-order valence-corrected chi connectivity index (χ0v) is 15.3. The van der Waals surface area contributed by atoms with E-state index in [1.807, 2.05) is 35.7 Å². The van der Waals surface area contributed by atoms with Crippen LogP contribution in [0.15, 0.2) is 35.7 Å². The van der Waals surface area contributed by atoms with Gasteiger partial charge in [0, 0.05) is 30.0 Å². The van der Waals surface area contributed by atoms with Gasteiger partial charge in [-0.3, -0.25) is 0 Å². The summed E-state index contributed by atoms with van der Waals surface area (Å²) >= 11 is 1.44. The molecular formula is C16H18FN3O4S2. The number of likely N-dealkylation sites (tertiary alicyclic amines) is 1. The number of carboxylic acid groups (broad SMARTS) is 1. The highest BCUT2D eigenvalue weighted by atomic mass is 32.2. The molecule has 0 bridgehead atoms. The van der Waals surface area contributed by atoms with Crippen LogP contribution in [-0.4, -0.2) is 54.1 Å². The number of sulfonamides is 1. The van der Waals surface area contributed by atoms with Crippen LogP contribution in [0.4, 0.5) is 9.18 Å². The Hall–Kier alpha value is -2.04. The van der Waals surface area contributed by atoms with Crippen molar-refractivity contribution in [2.75, 3.05) is 12.6 Å². The van der Waals surface area contributed by atoms with Crippen LogP contribution < -0.4 is 4.72 Å². The second-order valence-corrected chi connectivity index (χ2v) is 8.54. The second-order valence-electron chi connectivity index (χ2n) is 5.99. The van der Waals surface area contributed by atoms with Crippen LogP contribution in [-0.2, 0) is 16.4 Å². The molecule has 1 aromatic heterocycles. The molecule has 2 N–H and O–H groups in total. The Kier molecular flexibility index (Phi) is 5.54. The summed E-state index contributed by atoms with van der Waals surface area (Å²) in [6.07, 6.45) is -0.573. The number of aromatic nitrogens is 1. The highest BCUT2D eigenvalue weighted by Gasteiger charge is 2.39. The van der Waals surface area contributed by atoms with Crippen LogP contribution in [0.1, 0.15) is 12.1 Å². The van der Waals surface area contributed by atoms with E-state index in [1.165, 1.54) is 16.2 Å². The lowest BCUT2D eigenvalue weighted by Crippen LogP contribution is -2.47. The van der Waals surface area contributed by atoms with Gasteiger partial charge in [-0.15, -0.1) is 11.3 Å². The Morgan fingerprint density at radius 1 is 1.38 bits per heavy atom. The van der Waals surface area contributed by atoms with Crippen LogP contribution >= 0.6 is 11.3 Å². The maximum Gasteiger partial charge on any atom is 0.407 e. The fourth-order valence-electron chi connectivity index (χ4n) is 3.07. The number of carbonyl (C=O) groups is 1. The molecule has 140 valence electrons. The number of amides is 1. The molecule has 0 unspecified atom stereocenters. The molecule has 0 radical (unpaired) electrons. The number of alkyl halides is 1. The van der Waals surface area contributed by atoms with E-state index in [9.17, 15) is 22.7 Å². The summed E-state index contributed by atoms with van der Waals surface area (Å²) in [5.41, 5.74) is 1.64. The lowest BCUT2D eigenvalue weighted by atomic mass is 10.1. The number of benzene rings is 1. The van der Waals surface area contributed by atoms with Gasteiger partial charge in [0.2, 0.25) is 16.0 Å². The maximum atomic E-state index is 12.6. The van der Waals surface area contributed by atoms with Crippen molar-refractivity contribution in [3.05, 3.63) is 41.4 Å². The van der Waals surface area contributed by atoms with Gasteiger partial charge in [0.05, 0.1) is 11.7 Å². The highest BCUT2D eigenvalue weighted by Crippen LogP contribution is 2.27. The minimum atomic E-state index is -4.07. The van der Waals surface area contributed by atoms with Crippen LogP contribution in [0.3, 0.4) is 0 Å². The van der Waals surface area contributed by atoms with E-state index >= 15 is 0 Å². The first-order valence-electron chi connectivity index (χ1n) is 7.95. The molecule has 2 heterocycles. The molecule has 2 aromatic rings. The molecular weight excluding hydrogens is 381 g/mol. The van der Waals surface area contributed by atoms with E-state index in [4.69, 9.17) is 0 Å². The van der Waals surface area contributed by atoms with E-state index in [-0.39, 0.29) is 13.0 Å². The topological polar surface area (TPSA) is 99.6 Å². The summed E-state index contributed by atoms with van der Waals surface area (Å²) < 4.78 is 38.0. The average molecular weight is 399 g/mol. The minimum absolute atomic E-state index is 0.190. The summed E-state index contributed by atoms with van der Waals surface area (Å²) in [6, 6.07) is 6.75. The maximum absolute atomic E-state index is 12.6. The number of hydrogen-bond acceptors (Lipinski definition) is 5. The van der Waals surface area contributed by atoms with Crippen LogP contribution in [0.2, 0.25) is 0 Å². The zero-order valence-electron chi connectivity index (χ0n) is 13.7. The third-order valence-electron chi connectivity index (χ3n) is 4.26. The normalized spacial score (nSPS) is 20.4. The van der Waals surface area contributed by atoms with Gasteiger partial charge in [-0.05, 0) is 6.42 Å². The van der Waals surface area contributed by atoms with Gasteiger partial charge in [0.1, 0.15) is 5.01 Å². The van der Waals surface area contributed by atoms with Crippen molar-refractivity contribution in [3.8, 4) is 10.6 Å². The van der Waals surface area contributed by atoms with Crippen LogP contribution in [0.5, 0.6) is 0 Å². The van der Waals surface area contributed by atoms with Gasteiger partial charge in [-0.1, -0.05) is 30.3 Å². The summed E-state index contributed by atoms with van der Waals surface area (Å²) in [6.45, 7) is 0.190. The minimum Gasteiger partial charge on any atom is -0.465 e. The van der Waals surface area contributed by atoms with E-state index in [2.05, 4.69) is 9.71 Å². The number of nitrogens with zero attached hydrogens (tertiary/aromatic N) is 2. The third-order valence-corrected chi connectivity index (χ3v) is 6.15. The third kappa shape index (κ3) is 4.19. The molecule has 10 heteroatoms. The number of hydrogen-bond donors (Lipinski definition) is 2. The van der Waals surface area contributed by atoms with Crippen molar-refractivity contribution >= 4 is 27.5 Å². The van der Waals surface area contributed by atoms with Crippen molar-refractivity contribution in [2.45, 2.75) is 24.9 Å². The number of thiazole rings is 1. The molecule has 1 aliphatic heterocycles. The van der Waals surface area contributed by atoms with Crippen molar-refractivity contribution in [1.82, 2.24) is 14.6 Å². The fourth-order valence-corrected chi connectivity index (χ4v) is 4.71. The number of halogens is 1. The Labute approximate surface area is 154 Å². The van der Waals surface area contributed by atoms with Crippen molar-refractivity contribution in [3.63, 3.8) is 0 Å². The Morgan fingerprint density at radius 2 is 2.12 bits per heavy atom. The zero-order chi connectivity index (χ0) is 18.7. The molecule has 1 aliphatic rings. The summed E-state index contributed by atoms with van der Waals surface area (Å²) in [7, 11) is -4.07. The van der Waals surface area contributed by atoms with Crippen molar-refractivity contribution < 1.29 is 22.7 Å². The van der Waals surface area contributed by atoms with Crippen molar-refractivity contribution in [2.24, 2.45) is 0 Å². The predicted octanol–water partition coefficient (Wildman–Crippen LogP) is 2.32. The Morgan fingerprint density at radius 3 is 2.77 bits per heavy atom. The summed E-state index contributed by atoms with van der Waals surface area (Å²) in [5.74, 6) is 0. The average Bonchev–Trinajstić information content (AvgIpc) is 3.24. The van der Waals surface area contributed by atoms with Crippen molar-refractivity contribution in [1.29, 1.82) is 0 Å². The first-order valence-corrected chi connectivity index (χ1v) is 10.5. The van der Waals surface area contributed by atoms with E-state index in [0.717, 1.165) is 10.6 Å². The highest BCUT2D eigenvalue weighted by molar-refractivity contribution is 7.89. The van der Waals surface area contributed by atoms with Gasteiger partial charge in [-0.2, -0.15) is 0 Å². The van der Waals surface area contributed by atoms with Gasteiger partial charge in [0.25, 0.3) is 0 Å². The van der Waals surface area contributed by atoms with Crippen LogP contribution in [0.25, 0.3) is 10.6 Å². The van der Waals surface area contributed by atoms with E-state index in [0.29, 0.717) is 12.1 Å². The molecule has 7 nitrogen and oxygen atoms in total. The molecule has 0 saturated carbocycles. The lowest BCUT2D eigenvalue weighted by Gasteiger charge is -2.25. The smallest absolute Gasteiger partial charge is 0.407 e. The monoisotopic (exact) mass is 399 g/mol. The van der Waals surface area contributed by atoms with Crippen LogP contribution in [0, 0.1) is 0 Å². The van der Waals surface area contributed by atoms with Gasteiger partial charge < -0.3 is 10.0 Å². The molecule has 1 amide bonds. The molecule has 1 saturated heterocycles. The predicted molar refractivity (Wildman–Crippen MR) is 96.2 cm³/mol. The molecule has 0 spiro atoms. The van der Waals surface area contributed by atoms with E-state index in [1.54, 1.807) is 0 Å². The number of rotatable bonds is 6. The quantitative estimate of drug-likeness (QED) is 0.777. The standard InChI is InChI=1S/C16H18FN3O4S2/c17-10-26(23,24)19-13-6-7-20(16(21)22)14(13)8-12-9-25-15(18-12)11-4-2-1-3-5-11/h1-5,9,13-14,19H,6-8,10H2,(H,21,22)/t13-,14-/m0/s1. The summed E-state index contributed by atoms with van der Waals surface area (Å²) in [5, 5.41) is 12.0. The molecule has 1 fully saturated rings. The second kappa shape index (κ2) is 7.68. The largest absolute Gasteiger partial charge is 0.465 e.